The molecule has 1 aromatic carbocycles. The number of piperazine rings is 1. The highest BCUT2D eigenvalue weighted by atomic mass is 19.4. The Morgan fingerprint density at radius 3 is 2.59 bits per heavy atom. The van der Waals surface area contributed by atoms with E-state index in [1.165, 1.54) is 12.1 Å². The number of ether oxygens (including phenoxy) is 1. The van der Waals surface area contributed by atoms with Crippen LogP contribution in [0.2, 0.25) is 0 Å². The van der Waals surface area contributed by atoms with E-state index in [4.69, 9.17) is 0 Å². The number of likely N-dealkylation sites (tertiary alicyclic amines) is 1. The third-order valence-corrected chi connectivity index (χ3v) is 6.52. The lowest BCUT2D eigenvalue weighted by molar-refractivity contribution is -0.274. The third-order valence-electron chi connectivity index (χ3n) is 6.52. The van der Waals surface area contributed by atoms with E-state index < -0.39 is 6.36 Å². The summed E-state index contributed by atoms with van der Waals surface area (Å²) in [7, 11) is 0. The van der Waals surface area contributed by atoms with Crippen LogP contribution in [0.3, 0.4) is 0 Å². The monoisotopic (exact) mass is 454 g/mol. The number of benzene rings is 1. The van der Waals surface area contributed by atoms with Crippen molar-refractivity contribution < 1.29 is 27.5 Å². The summed E-state index contributed by atoms with van der Waals surface area (Å²) in [5.41, 5.74) is 0.835. The molecule has 3 aliphatic heterocycles. The van der Waals surface area contributed by atoms with Gasteiger partial charge >= 0.3 is 6.36 Å². The molecule has 0 saturated carbocycles. The molecule has 0 unspecified atom stereocenters. The highest BCUT2D eigenvalue weighted by Crippen LogP contribution is 2.27. The Kier molecular flexibility index (Phi) is 6.90. The number of hydrogen-bond donors (Lipinski definition) is 2. The third kappa shape index (κ3) is 5.72. The van der Waals surface area contributed by atoms with Gasteiger partial charge in [0.1, 0.15) is 5.75 Å². The first-order valence-electron chi connectivity index (χ1n) is 11.2. The van der Waals surface area contributed by atoms with E-state index in [1.807, 2.05) is 4.90 Å². The summed E-state index contributed by atoms with van der Waals surface area (Å²) in [5.74, 6) is -0.0323. The largest absolute Gasteiger partial charge is 0.573 e. The molecule has 3 saturated heterocycles. The first-order valence-corrected chi connectivity index (χ1v) is 11.2. The van der Waals surface area contributed by atoms with Gasteiger partial charge in [0.2, 0.25) is 11.8 Å². The maximum atomic E-state index is 12.4. The van der Waals surface area contributed by atoms with Crippen molar-refractivity contribution in [2.24, 2.45) is 0 Å². The average Bonchev–Trinajstić information content (AvgIpc) is 3.42. The molecule has 10 heteroatoms. The molecule has 176 valence electrons. The molecule has 4 rings (SSSR count). The number of nitrogens with zero attached hydrogens (tertiary/aromatic N) is 2. The summed E-state index contributed by atoms with van der Waals surface area (Å²) in [5, 5.41) is 6.39. The lowest BCUT2D eigenvalue weighted by Gasteiger charge is -2.37. The second-order valence-corrected chi connectivity index (χ2v) is 8.74. The first-order chi connectivity index (χ1) is 15.3. The summed E-state index contributed by atoms with van der Waals surface area (Å²) < 4.78 is 40.8. The molecule has 2 N–H and O–H groups in total. The number of halogens is 3. The molecular weight excluding hydrogens is 425 g/mol. The first kappa shape index (κ1) is 22.8. The fourth-order valence-corrected chi connectivity index (χ4v) is 4.88. The van der Waals surface area contributed by atoms with Crippen LogP contribution in [0.25, 0.3) is 0 Å². The summed E-state index contributed by atoms with van der Waals surface area (Å²) in [6.07, 6.45) is -0.675. The Balaban J connectivity index is 1.27. The Bertz CT molecular complexity index is 812. The quantitative estimate of drug-likeness (QED) is 0.660. The van der Waals surface area contributed by atoms with Gasteiger partial charge in [-0.05, 0) is 43.4 Å². The minimum Gasteiger partial charge on any atom is -0.406 e. The number of rotatable bonds is 7. The van der Waals surface area contributed by atoms with Crippen LogP contribution >= 0.6 is 0 Å². The molecule has 3 atom stereocenters. The van der Waals surface area contributed by atoms with E-state index in [0.717, 1.165) is 37.9 Å². The molecule has 0 spiro atoms. The minimum absolute atomic E-state index is 0.0186. The lowest BCUT2D eigenvalue weighted by atomic mass is 10.0. The van der Waals surface area contributed by atoms with E-state index >= 15 is 0 Å². The van der Waals surface area contributed by atoms with E-state index in [0.29, 0.717) is 32.5 Å². The fourth-order valence-electron chi connectivity index (χ4n) is 4.88. The van der Waals surface area contributed by atoms with Crippen LogP contribution in [0.4, 0.5) is 13.2 Å². The molecule has 32 heavy (non-hydrogen) atoms. The fraction of sp³-hybridized carbons (Fsp3) is 0.636. The van der Waals surface area contributed by atoms with Crippen molar-refractivity contribution in [3.8, 4) is 5.75 Å². The van der Waals surface area contributed by atoms with Gasteiger partial charge in [0.15, 0.2) is 0 Å². The Morgan fingerprint density at radius 1 is 1.19 bits per heavy atom. The average molecular weight is 454 g/mol. The molecule has 7 nitrogen and oxygen atoms in total. The van der Waals surface area contributed by atoms with Crippen molar-refractivity contribution in [2.45, 2.75) is 63.1 Å². The van der Waals surface area contributed by atoms with Crippen LogP contribution in [0.15, 0.2) is 24.3 Å². The standard InChI is InChI=1S/C22H29F3N4O3/c23-22(24,25)32-18-6-3-15(4-7-18)12-26-16-11-19-21(31)27-13-17(29(19)14-16)5-8-20(30)28-9-1-2-10-28/h3-4,6-7,16-17,19,26H,1-2,5,8-14H2,(H,27,31)/t16-,17-,19-/m1/s1. The maximum Gasteiger partial charge on any atom is 0.573 e. The van der Waals surface area contributed by atoms with Crippen LogP contribution in [-0.2, 0) is 16.1 Å². The van der Waals surface area contributed by atoms with E-state index in [2.05, 4.69) is 20.3 Å². The number of hydrogen-bond acceptors (Lipinski definition) is 5. The Morgan fingerprint density at radius 2 is 1.91 bits per heavy atom. The van der Waals surface area contributed by atoms with Gasteiger partial charge in [0.05, 0.1) is 6.04 Å². The zero-order valence-corrected chi connectivity index (χ0v) is 17.9. The predicted octanol–water partition coefficient (Wildman–Crippen LogP) is 2.02. The molecule has 1 aromatic rings. The number of fused-ring (bicyclic) bond motifs is 1. The molecule has 2 amide bonds. The number of alkyl halides is 3. The number of carbonyl (C=O) groups is 2. The van der Waals surface area contributed by atoms with E-state index in [1.54, 1.807) is 12.1 Å². The van der Waals surface area contributed by atoms with Crippen LogP contribution < -0.4 is 15.4 Å². The van der Waals surface area contributed by atoms with Crippen LogP contribution in [0.1, 0.15) is 37.7 Å². The molecule has 0 aliphatic carbocycles. The van der Waals surface area contributed by atoms with Gasteiger partial charge in [0, 0.05) is 51.2 Å². The smallest absolute Gasteiger partial charge is 0.406 e. The van der Waals surface area contributed by atoms with Gasteiger partial charge < -0.3 is 20.3 Å². The SMILES string of the molecule is O=C1NC[C@@H](CCC(=O)N2CCCC2)N2C[C@H](NCc3ccc(OC(F)(F)F)cc3)C[C@H]12. The number of amides is 2. The van der Waals surface area contributed by atoms with Gasteiger partial charge in [-0.25, -0.2) is 0 Å². The lowest BCUT2D eigenvalue weighted by Crippen LogP contribution is -2.58. The van der Waals surface area contributed by atoms with Gasteiger partial charge in [-0.3, -0.25) is 14.5 Å². The van der Waals surface area contributed by atoms with Gasteiger partial charge in [-0.15, -0.1) is 13.2 Å². The molecule has 0 radical (unpaired) electrons. The summed E-state index contributed by atoms with van der Waals surface area (Å²) in [6, 6.07) is 5.79. The summed E-state index contributed by atoms with van der Waals surface area (Å²) in [4.78, 5) is 28.9. The normalized spacial score (nSPS) is 26.2. The van der Waals surface area contributed by atoms with E-state index in [-0.39, 0.29) is 35.7 Å². The Labute approximate surface area is 185 Å². The van der Waals surface area contributed by atoms with Gasteiger partial charge in [0.25, 0.3) is 0 Å². The maximum absolute atomic E-state index is 12.4. The molecule has 3 aliphatic rings. The van der Waals surface area contributed by atoms with Crippen LogP contribution in [0.5, 0.6) is 5.75 Å². The van der Waals surface area contributed by atoms with Crippen LogP contribution in [-0.4, -0.2) is 72.3 Å². The molecular formula is C22H29F3N4O3. The van der Waals surface area contributed by atoms with Gasteiger partial charge in [-0.2, -0.15) is 0 Å². The van der Waals surface area contributed by atoms with Crippen molar-refractivity contribution in [2.75, 3.05) is 26.2 Å². The van der Waals surface area contributed by atoms with Crippen molar-refractivity contribution in [1.29, 1.82) is 0 Å². The Hall–Kier alpha value is -2.33. The minimum atomic E-state index is -4.70. The van der Waals surface area contributed by atoms with Crippen molar-refractivity contribution in [3.63, 3.8) is 0 Å². The van der Waals surface area contributed by atoms with Crippen LogP contribution in [0, 0.1) is 0 Å². The highest BCUT2D eigenvalue weighted by Gasteiger charge is 2.43. The van der Waals surface area contributed by atoms with E-state index in [9.17, 15) is 22.8 Å². The number of carbonyl (C=O) groups excluding carboxylic acids is 2. The zero-order chi connectivity index (χ0) is 22.7. The summed E-state index contributed by atoms with van der Waals surface area (Å²) >= 11 is 0. The van der Waals surface area contributed by atoms with Crippen molar-refractivity contribution in [3.05, 3.63) is 29.8 Å². The second-order valence-electron chi connectivity index (χ2n) is 8.74. The molecule has 3 fully saturated rings. The highest BCUT2D eigenvalue weighted by molar-refractivity contribution is 5.83. The second kappa shape index (κ2) is 9.66. The van der Waals surface area contributed by atoms with Gasteiger partial charge in [-0.1, -0.05) is 12.1 Å². The topological polar surface area (TPSA) is 73.9 Å². The van der Waals surface area contributed by atoms with Crippen molar-refractivity contribution >= 4 is 11.8 Å². The predicted molar refractivity (Wildman–Crippen MR) is 111 cm³/mol. The summed E-state index contributed by atoms with van der Waals surface area (Å²) in [6.45, 7) is 3.44. The zero-order valence-electron chi connectivity index (χ0n) is 17.9. The molecule has 0 bridgehead atoms. The number of nitrogens with one attached hydrogen (secondary N) is 2. The van der Waals surface area contributed by atoms with Crippen molar-refractivity contribution in [1.82, 2.24) is 20.4 Å². The molecule has 3 heterocycles. The molecule has 0 aromatic heterocycles.